The van der Waals surface area contributed by atoms with Gasteiger partial charge in [0.25, 0.3) is 0 Å². The van der Waals surface area contributed by atoms with Crippen LogP contribution >= 0.6 is 0 Å². The van der Waals surface area contributed by atoms with Crippen LogP contribution in [-0.4, -0.2) is 27.7 Å². The van der Waals surface area contributed by atoms with Crippen molar-refractivity contribution < 1.29 is 9.90 Å². The second-order valence-corrected chi connectivity index (χ2v) is 4.43. The molecule has 0 spiro atoms. The molecular weight excluding hydrogens is 244 g/mol. The lowest BCUT2D eigenvalue weighted by Crippen LogP contribution is -2.27. The molecule has 1 unspecified atom stereocenters. The minimum atomic E-state index is -1.04. The van der Waals surface area contributed by atoms with Gasteiger partial charge in [0.05, 0.1) is 17.1 Å². The number of carboxylic acid groups (broad SMARTS) is 1. The molecule has 0 aliphatic heterocycles. The van der Waals surface area contributed by atoms with Crippen LogP contribution in [0.5, 0.6) is 0 Å². The molecule has 1 heterocycles. The predicted octanol–water partition coefficient (Wildman–Crippen LogP) is 2.00. The summed E-state index contributed by atoms with van der Waals surface area (Å²) in [5, 5.41) is 11.4. The molecule has 2 rings (SSSR count). The van der Waals surface area contributed by atoms with E-state index in [4.69, 9.17) is 10.8 Å². The van der Waals surface area contributed by atoms with Crippen LogP contribution in [0, 0.1) is 0 Å². The Balaban J connectivity index is 2.18. The lowest BCUT2D eigenvalue weighted by atomic mass is 10.1. The maximum Gasteiger partial charge on any atom is 0.405 e. The predicted molar refractivity (Wildman–Crippen MR) is 72.9 cm³/mol. The largest absolute Gasteiger partial charge is 0.465 e. The lowest BCUT2D eigenvalue weighted by Gasteiger charge is -2.14. The Kier molecular flexibility index (Phi) is 4.35. The first-order valence-corrected chi connectivity index (χ1v) is 6.35. The van der Waals surface area contributed by atoms with Crippen LogP contribution in [0.25, 0.3) is 11.0 Å². The SMILES string of the molecule is NCCCCC(NC(=O)O)c1nc2ccccc2[nH]1. The van der Waals surface area contributed by atoms with Gasteiger partial charge in [0.15, 0.2) is 0 Å². The fourth-order valence-electron chi connectivity index (χ4n) is 2.06. The van der Waals surface area contributed by atoms with Gasteiger partial charge >= 0.3 is 6.09 Å². The minimum absolute atomic E-state index is 0.323. The molecule has 19 heavy (non-hydrogen) atoms. The summed E-state index contributed by atoms with van der Waals surface area (Å²) < 4.78 is 0. The van der Waals surface area contributed by atoms with Crippen LogP contribution in [0.1, 0.15) is 31.1 Å². The van der Waals surface area contributed by atoms with Crippen LogP contribution in [0.3, 0.4) is 0 Å². The summed E-state index contributed by atoms with van der Waals surface area (Å²) in [6.07, 6.45) is 1.37. The van der Waals surface area contributed by atoms with Crippen LogP contribution in [0.15, 0.2) is 24.3 Å². The van der Waals surface area contributed by atoms with Gasteiger partial charge < -0.3 is 21.1 Å². The van der Waals surface area contributed by atoms with Crippen molar-refractivity contribution in [1.29, 1.82) is 0 Å². The van der Waals surface area contributed by atoms with E-state index in [0.717, 1.165) is 23.9 Å². The number of hydrogen-bond acceptors (Lipinski definition) is 3. The Hall–Kier alpha value is -2.08. The standard InChI is InChI=1S/C13H18N4O2/c14-8-4-3-7-11(17-13(18)19)12-15-9-5-1-2-6-10(9)16-12/h1-2,5-6,11,17H,3-4,7-8,14H2,(H,15,16)(H,18,19). The number of carbonyl (C=O) groups is 1. The summed E-state index contributed by atoms with van der Waals surface area (Å²) >= 11 is 0. The van der Waals surface area contributed by atoms with Crippen LogP contribution in [0.2, 0.25) is 0 Å². The molecule has 0 saturated heterocycles. The molecule has 0 bridgehead atoms. The molecule has 0 aliphatic carbocycles. The first-order valence-electron chi connectivity index (χ1n) is 6.35. The van der Waals surface area contributed by atoms with Crippen molar-refractivity contribution in [2.24, 2.45) is 5.73 Å². The monoisotopic (exact) mass is 262 g/mol. The maximum absolute atomic E-state index is 10.9. The second-order valence-electron chi connectivity index (χ2n) is 4.43. The number of imidazole rings is 1. The highest BCUT2D eigenvalue weighted by Crippen LogP contribution is 2.20. The van der Waals surface area contributed by atoms with Gasteiger partial charge in [0.1, 0.15) is 5.82 Å². The number of fused-ring (bicyclic) bond motifs is 1. The van der Waals surface area contributed by atoms with E-state index >= 15 is 0 Å². The van der Waals surface area contributed by atoms with E-state index in [2.05, 4.69) is 15.3 Å². The number of unbranched alkanes of at least 4 members (excludes halogenated alkanes) is 1. The van der Waals surface area contributed by atoms with Crippen molar-refractivity contribution in [2.45, 2.75) is 25.3 Å². The third-order valence-electron chi connectivity index (χ3n) is 2.98. The van der Waals surface area contributed by atoms with E-state index in [1.807, 2.05) is 24.3 Å². The summed E-state index contributed by atoms with van der Waals surface area (Å²) in [6, 6.07) is 7.31. The van der Waals surface area contributed by atoms with Gasteiger partial charge in [0.2, 0.25) is 0 Å². The lowest BCUT2D eigenvalue weighted by molar-refractivity contribution is 0.188. The highest BCUT2D eigenvalue weighted by atomic mass is 16.4. The summed E-state index contributed by atoms with van der Waals surface area (Å²) in [5.41, 5.74) is 7.21. The Labute approximate surface area is 111 Å². The summed E-state index contributed by atoms with van der Waals surface area (Å²) in [7, 11) is 0. The van der Waals surface area contributed by atoms with E-state index in [9.17, 15) is 4.79 Å². The maximum atomic E-state index is 10.9. The molecule has 1 aromatic heterocycles. The molecule has 0 aliphatic rings. The molecule has 0 radical (unpaired) electrons. The van der Waals surface area contributed by atoms with Crippen LogP contribution in [-0.2, 0) is 0 Å². The van der Waals surface area contributed by atoms with Gasteiger partial charge in [-0.3, -0.25) is 0 Å². The first kappa shape index (κ1) is 13.4. The minimum Gasteiger partial charge on any atom is -0.465 e. The molecule has 102 valence electrons. The van der Waals surface area contributed by atoms with Crippen molar-refractivity contribution in [2.75, 3.05) is 6.54 Å². The molecule has 1 amide bonds. The number of para-hydroxylation sites is 2. The quantitative estimate of drug-likeness (QED) is 0.598. The first-order chi connectivity index (χ1) is 9.20. The number of amides is 1. The molecule has 2 aromatic rings. The Morgan fingerprint density at radius 2 is 2.21 bits per heavy atom. The van der Waals surface area contributed by atoms with Gasteiger partial charge in [-0.05, 0) is 37.9 Å². The van der Waals surface area contributed by atoms with E-state index < -0.39 is 6.09 Å². The molecule has 1 atom stereocenters. The smallest absolute Gasteiger partial charge is 0.405 e. The van der Waals surface area contributed by atoms with Crippen LogP contribution < -0.4 is 11.1 Å². The summed E-state index contributed by atoms with van der Waals surface area (Å²) in [4.78, 5) is 18.4. The fourth-order valence-corrected chi connectivity index (χ4v) is 2.06. The molecule has 1 aromatic carbocycles. The number of nitrogens with one attached hydrogen (secondary N) is 2. The normalized spacial score (nSPS) is 12.5. The fraction of sp³-hybridized carbons (Fsp3) is 0.385. The van der Waals surface area contributed by atoms with E-state index in [1.165, 1.54) is 0 Å². The zero-order valence-corrected chi connectivity index (χ0v) is 10.6. The van der Waals surface area contributed by atoms with E-state index in [-0.39, 0.29) is 6.04 Å². The van der Waals surface area contributed by atoms with Gasteiger partial charge in [-0.15, -0.1) is 0 Å². The summed E-state index contributed by atoms with van der Waals surface area (Å²) in [6.45, 7) is 0.611. The third-order valence-corrected chi connectivity index (χ3v) is 2.98. The van der Waals surface area contributed by atoms with E-state index in [0.29, 0.717) is 18.8 Å². The molecule has 6 nitrogen and oxygen atoms in total. The van der Waals surface area contributed by atoms with Gasteiger partial charge in [-0.2, -0.15) is 0 Å². The van der Waals surface area contributed by atoms with E-state index in [1.54, 1.807) is 0 Å². The van der Waals surface area contributed by atoms with Crippen LogP contribution in [0.4, 0.5) is 4.79 Å². The molecule has 5 N–H and O–H groups in total. The average Bonchev–Trinajstić information content (AvgIpc) is 2.81. The average molecular weight is 262 g/mol. The second kappa shape index (κ2) is 6.19. The Morgan fingerprint density at radius 3 is 2.89 bits per heavy atom. The number of nitrogens with zero attached hydrogens (tertiary/aromatic N) is 1. The van der Waals surface area contributed by atoms with Crippen molar-refractivity contribution in [3.63, 3.8) is 0 Å². The van der Waals surface area contributed by atoms with Gasteiger partial charge in [-0.25, -0.2) is 9.78 Å². The highest BCUT2D eigenvalue weighted by Gasteiger charge is 2.17. The molecule has 0 saturated carbocycles. The molecule has 6 heteroatoms. The zero-order chi connectivity index (χ0) is 13.7. The Morgan fingerprint density at radius 1 is 1.42 bits per heavy atom. The number of hydrogen-bond donors (Lipinski definition) is 4. The van der Waals surface area contributed by atoms with Gasteiger partial charge in [-0.1, -0.05) is 12.1 Å². The number of aromatic nitrogens is 2. The van der Waals surface area contributed by atoms with Crippen molar-refractivity contribution >= 4 is 17.1 Å². The highest BCUT2D eigenvalue weighted by molar-refractivity contribution is 5.75. The number of rotatable bonds is 6. The number of nitrogens with two attached hydrogens (primary N) is 1. The third kappa shape index (κ3) is 3.45. The van der Waals surface area contributed by atoms with Crippen molar-refractivity contribution in [3.8, 4) is 0 Å². The van der Waals surface area contributed by atoms with Crippen molar-refractivity contribution in [3.05, 3.63) is 30.1 Å². The van der Waals surface area contributed by atoms with Crippen molar-refractivity contribution in [1.82, 2.24) is 15.3 Å². The zero-order valence-electron chi connectivity index (χ0n) is 10.6. The summed E-state index contributed by atoms with van der Waals surface area (Å²) in [5.74, 6) is 0.653. The number of aromatic amines is 1. The topological polar surface area (TPSA) is 104 Å². The molecular formula is C13H18N4O2. The number of H-pyrrole nitrogens is 1. The molecule has 0 fully saturated rings. The Bertz CT molecular complexity index is 519. The number of benzene rings is 1. The van der Waals surface area contributed by atoms with Gasteiger partial charge in [0, 0.05) is 0 Å².